The minimum Gasteiger partial charge on any atom is -0.306 e. The zero-order valence-corrected chi connectivity index (χ0v) is 9.85. The zero-order chi connectivity index (χ0) is 10.1. The maximum absolute atomic E-state index is 10.9. The molecule has 2 aromatic rings. The summed E-state index contributed by atoms with van der Waals surface area (Å²) >= 11 is 2.24. The summed E-state index contributed by atoms with van der Waals surface area (Å²) in [4.78, 5) is 15.3. The van der Waals surface area contributed by atoms with Gasteiger partial charge in [-0.15, -0.1) is 0 Å². The van der Waals surface area contributed by atoms with Crippen LogP contribution < -0.4 is 0 Å². The van der Waals surface area contributed by atoms with Gasteiger partial charge in [-0.05, 0) is 41.6 Å². The molecule has 0 radical (unpaired) electrons. The Morgan fingerprint density at radius 3 is 3.07 bits per heavy atom. The molecule has 2 heterocycles. The van der Waals surface area contributed by atoms with Gasteiger partial charge in [-0.3, -0.25) is 4.79 Å². The third-order valence-electron chi connectivity index (χ3n) is 1.92. The van der Waals surface area contributed by atoms with Crippen LogP contribution in [0.25, 0.3) is 5.65 Å². The van der Waals surface area contributed by atoms with Crippen molar-refractivity contribution in [3.8, 4) is 0 Å². The van der Waals surface area contributed by atoms with Crippen LogP contribution in [0.5, 0.6) is 0 Å². The van der Waals surface area contributed by atoms with E-state index in [9.17, 15) is 4.79 Å². The zero-order valence-electron chi connectivity index (χ0n) is 7.70. The fourth-order valence-corrected chi connectivity index (χ4v) is 1.98. The van der Waals surface area contributed by atoms with E-state index in [1.165, 1.54) is 0 Å². The van der Waals surface area contributed by atoms with Gasteiger partial charge in [0.25, 0.3) is 0 Å². The number of pyridine rings is 1. The van der Waals surface area contributed by atoms with Crippen molar-refractivity contribution in [2.45, 2.75) is 13.3 Å². The normalized spacial score (nSPS) is 10.7. The molecule has 0 saturated carbocycles. The molecular weight excluding hydrogens is 291 g/mol. The molecule has 0 bridgehead atoms. The number of nitrogens with zero attached hydrogens (tertiary/aromatic N) is 2. The monoisotopic (exact) mass is 300 g/mol. The van der Waals surface area contributed by atoms with Crippen molar-refractivity contribution in [2.75, 3.05) is 0 Å². The highest BCUT2D eigenvalue weighted by Gasteiger charge is 2.05. The van der Waals surface area contributed by atoms with Gasteiger partial charge in [0, 0.05) is 18.8 Å². The van der Waals surface area contributed by atoms with Crippen LogP contribution in [0.1, 0.15) is 12.6 Å². The van der Waals surface area contributed by atoms with Gasteiger partial charge in [-0.1, -0.05) is 0 Å². The number of ketones is 1. The molecule has 72 valence electrons. The van der Waals surface area contributed by atoms with E-state index in [0.717, 1.165) is 14.9 Å². The van der Waals surface area contributed by atoms with E-state index in [1.54, 1.807) is 6.92 Å². The standard InChI is InChI=1S/C10H9IN2O/c1-7(14)5-8-6-13-4-2-3-9(11)10(13)12-8/h2-4,6H,5H2,1H3. The van der Waals surface area contributed by atoms with Crippen molar-refractivity contribution in [1.82, 2.24) is 9.38 Å². The minimum absolute atomic E-state index is 0.142. The molecule has 0 aliphatic carbocycles. The number of aromatic nitrogens is 2. The summed E-state index contributed by atoms with van der Waals surface area (Å²) in [5.41, 5.74) is 1.76. The third-order valence-corrected chi connectivity index (χ3v) is 2.76. The van der Waals surface area contributed by atoms with Gasteiger partial charge in [-0.2, -0.15) is 0 Å². The van der Waals surface area contributed by atoms with E-state index < -0.39 is 0 Å². The Morgan fingerprint density at radius 2 is 2.43 bits per heavy atom. The molecule has 0 fully saturated rings. The smallest absolute Gasteiger partial charge is 0.150 e. The maximum Gasteiger partial charge on any atom is 0.150 e. The van der Waals surface area contributed by atoms with Gasteiger partial charge >= 0.3 is 0 Å². The number of hydrogen-bond acceptors (Lipinski definition) is 2. The first-order valence-corrected chi connectivity index (χ1v) is 5.36. The molecule has 0 aromatic carbocycles. The van der Waals surface area contributed by atoms with Crippen molar-refractivity contribution in [3.05, 3.63) is 33.8 Å². The van der Waals surface area contributed by atoms with Gasteiger partial charge in [-0.25, -0.2) is 4.98 Å². The maximum atomic E-state index is 10.9. The SMILES string of the molecule is CC(=O)Cc1cn2cccc(I)c2n1. The summed E-state index contributed by atoms with van der Waals surface area (Å²) in [5, 5.41) is 0. The first-order chi connectivity index (χ1) is 6.66. The fourth-order valence-electron chi connectivity index (χ4n) is 1.37. The second kappa shape index (κ2) is 3.68. The predicted molar refractivity (Wildman–Crippen MR) is 62.3 cm³/mol. The topological polar surface area (TPSA) is 34.4 Å². The van der Waals surface area contributed by atoms with E-state index in [1.807, 2.05) is 28.9 Å². The Balaban J connectivity index is 2.51. The molecule has 2 rings (SSSR count). The molecule has 0 aliphatic heterocycles. The van der Waals surface area contributed by atoms with Crippen LogP contribution in [0, 0.1) is 3.57 Å². The highest BCUT2D eigenvalue weighted by molar-refractivity contribution is 14.1. The van der Waals surface area contributed by atoms with E-state index >= 15 is 0 Å². The predicted octanol–water partition coefficient (Wildman–Crippen LogP) is 2.07. The molecule has 2 aromatic heterocycles. The highest BCUT2D eigenvalue weighted by Crippen LogP contribution is 2.13. The second-order valence-electron chi connectivity index (χ2n) is 3.20. The number of rotatable bonds is 2. The molecule has 0 amide bonds. The van der Waals surface area contributed by atoms with Gasteiger partial charge in [0.1, 0.15) is 5.78 Å². The first-order valence-electron chi connectivity index (χ1n) is 4.28. The largest absolute Gasteiger partial charge is 0.306 e. The quantitative estimate of drug-likeness (QED) is 0.796. The van der Waals surface area contributed by atoms with E-state index in [4.69, 9.17) is 0 Å². The number of Topliss-reactive ketones (excluding diaryl/α,β-unsaturated/α-hetero) is 1. The van der Waals surface area contributed by atoms with Crippen LogP contribution in [0.15, 0.2) is 24.5 Å². The Hall–Kier alpha value is -0.910. The average molecular weight is 300 g/mol. The van der Waals surface area contributed by atoms with Crippen LogP contribution in [0.3, 0.4) is 0 Å². The van der Waals surface area contributed by atoms with Crippen molar-refractivity contribution >= 4 is 34.0 Å². The summed E-state index contributed by atoms with van der Waals surface area (Å²) in [6, 6.07) is 3.97. The van der Waals surface area contributed by atoms with E-state index in [-0.39, 0.29) is 5.78 Å². The van der Waals surface area contributed by atoms with E-state index in [2.05, 4.69) is 27.6 Å². The molecule has 4 heteroatoms. The van der Waals surface area contributed by atoms with Crippen molar-refractivity contribution < 1.29 is 4.79 Å². The fraction of sp³-hybridized carbons (Fsp3) is 0.200. The second-order valence-corrected chi connectivity index (χ2v) is 4.36. The molecule has 0 N–H and O–H groups in total. The lowest BCUT2D eigenvalue weighted by Gasteiger charge is -1.92. The summed E-state index contributed by atoms with van der Waals surface area (Å²) in [6.07, 6.45) is 4.25. The summed E-state index contributed by atoms with van der Waals surface area (Å²) in [5.74, 6) is 0.142. The van der Waals surface area contributed by atoms with Gasteiger partial charge < -0.3 is 4.40 Å². The third kappa shape index (κ3) is 1.79. The molecule has 0 atom stereocenters. The number of fused-ring (bicyclic) bond motifs is 1. The summed E-state index contributed by atoms with van der Waals surface area (Å²) < 4.78 is 3.04. The van der Waals surface area contributed by atoms with E-state index in [0.29, 0.717) is 6.42 Å². The van der Waals surface area contributed by atoms with Gasteiger partial charge in [0.2, 0.25) is 0 Å². The first kappa shape index (κ1) is 9.64. The Bertz CT molecular complexity index is 490. The van der Waals surface area contributed by atoms with Crippen LogP contribution in [0.4, 0.5) is 0 Å². The van der Waals surface area contributed by atoms with Crippen LogP contribution in [-0.2, 0) is 11.2 Å². The lowest BCUT2D eigenvalue weighted by Crippen LogP contribution is -1.95. The summed E-state index contributed by atoms with van der Waals surface area (Å²) in [6.45, 7) is 1.58. The Morgan fingerprint density at radius 1 is 1.64 bits per heavy atom. The average Bonchev–Trinajstić information content (AvgIpc) is 2.47. The van der Waals surface area contributed by atoms with Crippen LogP contribution in [-0.4, -0.2) is 15.2 Å². The molecule has 0 saturated heterocycles. The lowest BCUT2D eigenvalue weighted by molar-refractivity contribution is -0.116. The number of carbonyl (C=O) groups excluding carboxylic acids is 1. The molecule has 3 nitrogen and oxygen atoms in total. The Kier molecular flexibility index (Phi) is 2.54. The lowest BCUT2D eigenvalue weighted by atomic mass is 10.2. The number of imidazole rings is 1. The Labute approximate surface area is 95.3 Å². The van der Waals surface area contributed by atoms with Crippen LogP contribution >= 0.6 is 22.6 Å². The summed E-state index contributed by atoms with van der Waals surface area (Å²) in [7, 11) is 0. The van der Waals surface area contributed by atoms with Gasteiger partial charge in [0.05, 0.1) is 9.26 Å². The molecule has 0 spiro atoms. The van der Waals surface area contributed by atoms with Crippen LogP contribution in [0.2, 0.25) is 0 Å². The number of halogens is 1. The van der Waals surface area contributed by atoms with Crippen molar-refractivity contribution in [2.24, 2.45) is 0 Å². The number of carbonyl (C=O) groups is 1. The van der Waals surface area contributed by atoms with Gasteiger partial charge in [0.15, 0.2) is 5.65 Å². The molecule has 14 heavy (non-hydrogen) atoms. The van der Waals surface area contributed by atoms with Crippen molar-refractivity contribution in [1.29, 1.82) is 0 Å². The highest BCUT2D eigenvalue weighted by atomic mass is 127. The number of hydrogen-bond donors (Lipinski definition) is 0. The minimum atomic E-state index is 0.142. The molecular formula is C10H9IN2O. The van der Waals surface area contributed by atoms with Crippen molar-refractivity contribution in [3.63, 3.8) is 0 Å². The molecule has 0 aliphatic rings. The molecule has 0 unspecified atom stereocenters.